The molecule has 0 aliphatic carbocycles. The lowest BCUT2D eigenvalue weighted by Gasteiger charge is -1.99. The number of hydrogen-bond acceptors (Lipinski definition) is 5. The Bertz CT molecular complexity index is 473. The highest BCUT2D eigenvalue weighted by atomic mass is 19.2. The monoisotopic (exact) mass is 286 g/mol. The van der Waals surface area contributed by atoms with Crippen molar-refractivity contribution in [1.82, 2.24) is 0 Å². The van der Waals surface area contributed by atoms with Crippen LogP contribution in [0.2, 0.25) is 0 Å². The summed E-state index contributed by atoms with van der Waals surface area (Å²) in [6.07, 6.45) is 0. The molecule has 19 heavy (non-hydrogen) atoms. The first-order chi connectivity index (χ1) is 8.59. The summed E-state index contributed by atoms with van der Waals surface area (Å²) in [5.74, 6) is -20.8. The maximum absolute atomic E-state index is 12.6. The molecule has 104 valence electrons. The van der Waals surface area contributed by atoms with Crippen LogP contribution in [0.4, 0.5) is 17.6 Å². The van der Waals surface area contributed by atoms with Gasteiger partial charge in [-0.25, -0.2) is 19.2 Å². The summed E-state index contributed by atoms with van der Waals surface area (Å²) in [6, 6.07) is 0. The number of esters is 2. The van der Waals surface area contributed by atoms with Crippen LogP contribution in [0.25, 0.3) is 0 Å². The third-order valence-corrected chi connectivity index (χ3v) is 1.30. The van der Waals surface area contributed by atoms with Crippen LogP contribution < -0.4 is 0 Å². The van der Waals surface area contributed by atoms with Crippen LogP contribution in [-0.2, 0) is 23.9 Å². The highest BCUT2D eigenvalue weighted by Crippen LogP contribution is 2.14. The summed E-state index contributed by atoms with van der Waals surface area (Å²) in [6.45, 7) is 0. The minimum absolute atomic E-state index is 2.52. The van der Waals surface area contributed by atoms with E-state index in [1.54, 1.807) is 0 Å². The summed E-state index contributed by atoms with van der Waals surface area (Å²) in [7, 11) is 0. The first-order valence-electron chi connectivity index (χ1n) is 3.93. The van der Waals surface area contributed by atoms with Crippen LogP contribution in [0, 0.1) is 0 Å². The van der Waals surface area contributed by atoms with E-state index in [2.05, 4.69) is 4.74 Å². The minimum atomic E-state index is -2.69. The Balaban J connectivity index is 5.11. The Morgan fingerprint density at radius 3 is 1.11 bits per heavy atom. The molecule has 0 unspecified atom stereocenters. The van der Waals surface area contributed by atoms with E-state index >= 15 is 0 Å². The van der Waals surface area contributed by atoms with Gasteiger partial charge in [0.1, 0.15) is 0 Å². The van der Waals surface area contributed by atoms with E-state index in [0.717, 1.165) is 0 Å². The van der Waals surface area contributed by atoms with E-state index in [0.29, 0.717) is 0 Å². The van der Waals surface area contributed by atoms with E-state index in [9.17, 15) is 36.7 Å². The molecule has 0 atom stereocenters. The summed E-state index contributed by atoms with van der Waals surface area (Å²) in [5, 5.41) is 15.8. The van der Waals surface area contributed by atoms with Crippen molar-refractivity contribution in [3.8, 4) is 0 Å². The van der Waals surface area contributed by atoms with Gasteiger partial charge in [-0.05, 0) is 0 Å². The van der Waals surface area contributed by atoms with Crippen LogP contribution >= 0.6 is 0 Å². The van der Waals surface area contributed by atoms with Gasteiger partial charge in [-0.15, -0.1) is 0 Å². The van der Waals surface area contributed by atoms with Gasteiger partial charge in [0.25, 0.3) is 23.3 Å². The second-order valence-electron chi connectivity index (χ2n) is 2.54. The van der Waals surface area contributed by atoms with Crippen LogP contribution in [0.1, 0.15) is 0 Å². The fourth-order valence-electron chi connectivity index (χ4n) is 0.541. The fraction of sp³-hybridized carbons (Fsp3) is 0. The molecule has 0 aromatic heterocycles. The highest BCUT2D eigenvalue weighted by Gasteiger charge is 2.29. The number of ether oxygens (including phenoxy) is 1. The third-order valence-electron chi connectivity index (χ3n) is 1.30. The van der Waals surface area contributed by atoms with Gasteiger partial charge in [0.05, 0.1) is 0 Å². The number of carboxylic acids is 2. The molecule has 0 saturated carbocycles. The number of hydrogen-bond donors (Lipinski definition) is 2. The number of carboxylic acid groups (broad SMARTS) is 2. The van der Waals surface area contributed by atoms with Crippen molar-refractivity contribution in [2.75, 3.05) is 0 Å². The lowest BCUT2D eigenvalue weighted by molar-refractivity contribution is -0.157. The van der Waals surface area contributed by atoms with Crippen LogP contribution in [0.3, 0.4) is 0 Å². The maximum atomic E-state index is 12.6. The van der Waals surface area contributed by atoms with E-state index < -0.39 is 47.2 Å². The van der Waals surface area contributed by atoms with Crippen molar-refractivity contribution in [2.24, 2.45) is 0 Å². The van der Waals surface area contributed by atoms with E-state index in [1.165, 1.54) is 0 Å². The lowest BCUT2D eigenvalue weighted by Crippen LogP contribution is -2.17. The molecule has 0 aliphatic rings. The molecule has 0 amide bonds. The van der Waals surface area contributed by atoms with Crippen molar-refractivity contribution in [3.63, 3.8) is 0 Å². The van der Waals surface area contributed by atoms with Crippen molar-refractivity contribution < 1.29 is 51.7 Å². The van der Waals surface area contributed by atoms with E-state index in [-0.39, 0.29) is 0 Å². The van der Waals surface area contributed by atoms with E-state index in [1.807, 2.05) is 0 Å². The molecule has 0 bridgehead atoms. The van der Waals surface area contributed by atoms with E-state index in [4.69, 9.17) is 10.2 Å². The lowest BCUT2D eigenvalue weighted by atomic mass is 10.4. The molecule has 7 nitrogen and oxygen atoms in total. The van der Waals surface area contributed by atoms with Gasteiger partial charge in [0.2, 0.25) is 0 Å². The quantitative estimate of drug-likeness (QED) is 0.335. The number of halogens is 4. The average Bonchev–Trinajstić information content (AvgIpc) is 2.34. The van der Waals surface area contributed by atoms with Gasteiger partial charge < -0.3 is 14.9 Å². The zero-order valence-corrected chi connectivity index (χ0v) is 8.45. The highest BCUT2D eigenvalue weighted by molar-refractivity contribution is 6.05. The summed E-state index contributed by atoms with van der Waals surface area (Å²) in [4.78, 5) is 40.9. The van der Waals surface area contributed by atoms with Gasteiger partial charge >= 0.3 is 23.9 Å². The Hall–Kier alpha value is -2.72. The Morgan fingerprint density at radius 2 is 0.895 bits per heavy atom. The molecular formula is C8H2F4O7. The van der Waals surface area contributed by atoms with Crippen molar-refractivity contribution in [2.45, 2.75) is 0 Å². The molecule has 0 radical (unpaired) electrons. The fourth-order valence-corrected chi connectivity index (χ4v) is 0.541. The second kappa shape index (κ2) is 6.28. The van der Waals surface area contributed by atoms with Crippen molar-refractivity contribution in [1.29, 1.82) is 0 Å². The predicted molar refractivity (Wildman–Crippen MR) is 44.9 cm³/mol. The molecule has 0 spiro atoms. The third kappa shape index (κ3) is 4.22. The number of rotatable bonds is 4. The molecule has 0 rings (SSSR count). The largest absolute Gasteiger partial charge is 0.476 e. The van der Waals surface area contributed by atoms with Crippen LogP contribution in [-0.4, -0.2) is 34.1 Å². The predicted octanol–water partition coefficient (Wildman–Crippen LogP) is 0.527. The first kappa shape index (κ1) is 16.3. The topological polar surface area (TPSA) is 118 Å². The molecular weight excluding hydrogens is 284 g/mol. The standard InChI is InChI=1S/C8H2F4O7/c9-1(5(13)14)3(11)7(17)19-8(18)4(12)2(10)6(15)16/h(H,13,14)(H,15,16)/b3-1-,4-2-. The van der Waals surface area contributed by atoms with Gasteiger partial charge in [-0.2, -0.15) is 17.6 Å². The molecule has 0 saturated heterocycles. The smallest absolute Gasteiger partial charge is 0.378 e. The van der Waals surface area contributed by atoms with Crippen LogP contribution in [0.5, 0.6) is 0 Å². The van der Waals surface area contributed by atoms with Crippen LogP contribution in [0.15, 0.2) is 23.3 Å². The Labute approximate surface area is 99.9 Å². The Kier molecular flexibility index (Phi) is 5.38. The molecule has 0 fully saturated rings. The zero-order chi connectivity index (χ0) is 15.3. The molecule has 0 aromatic rings. The SMILES string of the molecule is O=C(O)/C(F)=C(/F)C(=O)OC(=O)/C(F)=C(/F)C(=O)O. The average molecular weight is 286 g/mol. The van der Waals surface area contributed by atoms with Gasteiger partial charge in [0, 0.05) is 0 Å². The number of aliphatic carboxylic acids is 2. The van der Waals surface area contributed by atoms with Gasteiger partial charge in [0.15, 0.2) is 0 Å². The summed E-state index contributed by atoms with van der Waals surface area (Å²) < 4.78 is 53.0. The maximum Gasteiger partial charge on any atom is 0.378 e. The minimum Gasteiger partial charge on any atom is -0.476 e. The summed E-state index contributed by atoms with van der Waals surface area (Å²) >= 11 is 0. The normalized spacial score (nSPS) is 13.1. The van der Waals surface area contributed by atoms with Gasteiger partial charge in [-0.1, -0.05) is 0 Å². The van der Waals surface area contributed by atoms with Crippen molar-refractivity contribution in [3.05, 3.63) is 23.3 Å². The van der Waals surface area contributed by atoms with Gasteiger partial charge in [-0.3, -0.25) is 0 Å². The molecule has 2 N–H and O–H groups in total. The molecule has 0 aromatic carbocycles. The Morgan fingerprint density at radius 1 is 0.632 bits per heavy atom. The summed E-state index contributed by atoms with van der Waals surface area (Å²) in [5.41, 5.74) is 0. The second-order valence-corrected chi connectivity index (χ2v) is 2.54. The number of carbonyl (C=O) groups is 4. The molecule has 0 aliphatic heterocycles. The van der Waals surface area contributed by atoms with Crippen molar-refractivity contribution >= 4 is 23.9 Å². The molecule has 0 heterocycles. The zero-order valence-electron chi connectivity index (χ0n) is 8.45. The molecule has 11 heteroatoms. The number of carbonyl (C=O) groups excluding carboxylic acids is 2. The first-order valence-corrected chi connectivity index (χ1v) is 3.93.